The van der Waals surface area contributed by atoms with Crippen LogP contribution in [0.4, 0.5) is 0 Å². The predicted octanol–water partition coefficient (Wildman–Crippen LogP) is 6.46. The molecule has 1 atom stereocenters. The molecule has 0 N–H and O–H groups in total. The van der Waals surface area contributed by atoms with Gasteiger partial charge >= 0.3 is 0 Å². The lowest BCUT2D eigenvalue weighted by Gasteiger charge is -2.40. The van der Waals surface area contributed by atoms with E-state index in [1.807, 2.05) is 17.0 Å². The summed E-state index contributed by atoms with van der Waals surface area (Å²) in [5, 5.41) is 0. The molecule has 0 bridgehead atoms. The summed E-state index contributed by atoms with van der Waals surface area (Å²) < 4.78 is 5.60. The van der Waals surface area contributed by atoms with Crippen LogP contribution in [-0.4, -0.2) is 49.0 Å². The summed E-state index contributed by atoms with van der Waals surface area (Å²) in [7, 11) is 1.72. The number of nitrogens with zero attached hydrogens (tertiary/aromatic N) is 2. The van der Waals surface area contributed by atoms with Crippen LogP contribution in [0.25, 0.3) is 0 Å². The van der Waals surface area contributed by atoms with E-state index in [0.717, 1.165) is 31.9 Å². The molecule has 4 nitrogen and oxygen atoms in total. The molecule has 0 spiro atoms. The van der Waals surface area contributed by atoms with Gasteiger partial charge in [0.15, 0.2) is 0 Å². The van der Waals surface area contributed by atoms with Crippen molar-refractivity contribution in [2.45, 2.75) is 25.3 Å². The Balaban J connectivity index is 1.33. The molecule has 1 unspecified atom stereocenters. The SMILES string of the molecule is COc1cc(C)cc(C(c2ccccc2)N2CCN(C(=O)CC(c3ccccc3)c3ccccc3)CC2)c1. The fourth-order valence-electron chi connectivity index (χ4n) is 5.63. The van der Waals surface area contributed by atoms with Gasteiger partial charge in [0, 0.05) is 38.5 Å². The molecule has 0 aliphatic carbocycles. The first kappa shape index (κ1) is 25.7. The highest BCUT2D eigenvalue weighted by molar-refractivity contribution is 5.78. The largest absolute Gasteiger partial charge is 0.497 e. The molecule has 1 heterocycles. The van der Waals surface area contributed by atoms with E-state index in [4.69, 9.17) is 4.74 Å². The Bertz CT molecular complexity index is 1280. The van der Waals surface area contributed by atoms with Crippen molar-refractivity contribution in [2.24, 2.45) is 0 Å². The van der Waals surface area contributed by atoms with Crippen molar-refractivity contribution < 1.29 is 9.53 Å². The topological polar surface area (TPSA) is 32.8 Å². The lowest BCUT2D eigenvalue weighted by molar-refractivity contribution is -0.133. The second-order valence-electron chi connectivity index (χ2n) is 10.1. The van der Waals surface area contributed by atoms with E-state index in [0.29, 0.717) is 6.42 Å². The standard InChI is InChI=1S/C34H36N2O2/c1-26-22-30(24-31(23-26)38-2)34(29-16-10-5-11-17-29)36-20-18-35(19-21-36)33(37)25-32(27-12-6-3-7-13-27)28-14-8-4-9-15-28/h3-17,22-24,32,34H,18-21,25H2,1-2H3. The zero-order valence-electron chi connectivity index (χ0n) is 22.3. The molecule has 1 amide bonds. The third-order valence-corrected chi connectivity index (χ3v) is 7.55. The number of hydrogen-bond donors (Lipinski definition) is 0. The Labute approximate surface area is 226 Å². The Morgan fingerprint density at radius 1 is 0.711 bits per heavy atom. The Morgan fingerprint density at radius 3 is 1.76 bits per heavy atom. The third-order valence-electron chi connectivity index (χ3n) is 7.55. The molecule has 0 aromatic heterocycles. The van der Waals surface area contributed by atoms with Gasteiger partial charge < -0.3 is 9.64 Å². The van der Waals surface area contributed by atoms with Gasteiger partial charge in [-0.3, -0.25) is 9.69 Å². The van der Waals surface area contributed by atoms with E-state index in [1.54, 1.807) is 7.11 Å². The Hall–Kier alpha value is -3.89. The van der Waals surface area contributed by atoms with Crippen LogP contribution in [0.15, 0.2) is 109 Å². The van der Waals surface area contributed by atoms with Crippen LogP contribution in [0, 0.1) is 6.92 Å². The molecular weight excluding hydrogens is 468 g/mol. The molecule has 0 radical (unpaired) electrons. The second-order valence-corrected chi connectivity index (χ2v) is 10.1. The number of carbonyl (C=O) groups is 1. The molecule has 4 aromatic carbocycles. The second kappa shape index (κ2) is 12.1. The summed E-state index contributed by atoms with van der Waals surface area (Å²) in [5.74, 6) is 1.15. The number of benzene rings is 4. The van der Waals surface area contributed by atoms with Crippen molar-refractivity contribution in [1.29, 1.82) is 0 Å². The van der Waals surface area contributed by atoms with Gasteiger partial charge in [0.05, 0.1) is 13.2 Å². The van der Waals surface area contributed by atoms with E-state index in [9.17, 15) is 4.79 Å². The summed E-state index contributed by atoms with van der Waals surface area (Å²) in [6, 6.07) is 38.0. The van der Waals surface area contributed by atoms with Crippen molar-refractivity contribution in [3.05, 3.63) is 137 Å². The quantitative estimate of drug-likeness (QED) is 0.276. The lowest BCUT2D eigenvalue weighted by Crippen LogP contribution is -2.50. The van der Waals surface area contributed by atoms with Crippen molar-refractivity contribution in [3.63, 3.8) is 0 Å². The third kappa shape index (κ3) is 5.98. The van der Waals surface area contributed by atoms with E-state index in [-0.39, 0.29) is 17.9 Å². The van der Waals surface area contributed by atoms with Crippen molar-refractivity contribution in [1.82, 2.24) is 9.80 Å². The van der Waals surface area contributed by atoms with Gasteiger partial charge in [0.1, 0.15) is 5.75 Å². The molecule has 1 aliphatic rings. The minimum absolute atomic E-state index is 0.0553. The molecule has 5 rings (SSSR count). The number of hydrogen-bond acceptors (Lipinski definition) is 3. The summed E-state index contributed by atoms with van der Waals surface area (Å²) >= 11 is 0. The van der Waals surface area contributed by atoms with Crippen LogP contribution in [0.1, 0.15) is 46.2 Å². The smallest absolute Gasteiger partial charge is 0.223 e. The number of rotatable bonds is 8. The lowest BCUT2D eigenvalue weighted by atomic mass is 9.88. The zero-order valence-corrected chi connectivity index (χ0v) is 22.3. The fourth-order valence-corrected chi connectivity index (χ4v) is 5.63. The van der Waals surface area contributed by atoms with Gasteiger partial charge in [-0.05, 0) is 46.9 Å². The van der Waals surface area contributed by atoms with Gasteiger partial charge in [-0.1, -0.05) is 97.1 Å². The molecule has 1 saturated heterocycles. The molecule has 1 aliphatic heterocycles. The highest BCUT2D eigenvalue weighted by atomic mass is 16.5. The number of ether oxygens (including phenoxy) is 1. The first-order chi connectivity index (χ1) is 18.6. The monoisotopic (exact) mass is 504 g/mol. The minimum atomic E-state index is 0.0553. The van der Waals surface area contributed by atoms with Crippen LogP contribution in [0.2, 0.25) is 0 Å². The Kier molecular flexibility index (Phi) is 8.20. The molecule has 0 saturated carbocycles. The zero-order chi connectivity index (χ0) is 26.3. The Morgan fingerprint density at radius 2 is 1.24 bits per heavy atom. The minimum Gasteiger partial charge on any atom is -0.497 e. The molecule has 4 heteroatoms. The molecule has 194 valence electrons. The van der Waals surface area contributed by atoms with E-state index in [2.05, 4.69) is 109 Å². The maximum absolute atomic E-state index is 13.6. The number of methoxy groups -OCH3 is 1. The van der Waals surface area contributed by atoms with Gasteiger partial charge in [0.25, 0.3) is 0 Å². The van der Waals surface area contributed by atoms with Crippen LogP contribution in [0.3, 0.4) is 0 Å². The summed E-state index contributed by atoms with van der Waals surface area (Å²) in [6.45, 7) is 5.20. The molecular formula is C34H36N2O2. The molecule has 4 aromatic rings. The number of aryl methyl sites for hydroxylation is 1. The number of amides is 1. The normalized spacial score (nSPS) is 14.9. The predicted molar refractivity (Wildman–Crippen MR) is 154 cm³/mol. The van der Waals surface area contributed by atoms with Gasteiger partial charge in [-0.25, -0.2) is 0 Å². The van der Waals surface area contributed by atoms with E-state index < -0.39 is 0 Å². The van der Waals surface area contributed by atoms with E-state index in [1.165, 1.54) is 27.8 Å². The van der Waals surface area contributed by atoms with E-state index >= 15 is 0 Å². The summed E-state index contributed by atoms with van der Waals surface area (Å²) in [4.78, 5) is 18.1. The average Bonchev–Trinajstić information content (AvgIpc) is 2.97. The maximum atomic E-state index is 13.6. The van der Waals surface area contributed by atoms with Crippen molar-refractivity contribution >= 4 is 5.91 Å². The summed E-state index contributed by atoms with van der Waals surface area (Å²) in [5.41, 5.74) is 6.03. The first-order valence-electron chi connectivity index (χ1n) is 13.4. The van der Waals surface area contributed by atoms with Crippen LogP contribution < -0.4 is 4.74 Å². The average molecular weight is 505 g/mol. The molecule has 38 heavy (non-hydrogen) atoms. The highest BCUT2D eigenvalue weighted by Crippen LogP contribution is 2.33. The van der Waals surface area contributed by atoms with Crippen LogP contribution in [0.5, 0.6) is 5.75 Å². The van der Waals surface area contributed by atoms with Crippen LogP contribution in [-0.2, 0) is 4.79 Å². The number of piperazine rings is 1. The first-order valence-corrected chi connectivity index (χ1v) is 13.4. The summed E-state index contributed by atoms with van der Waals surface area (Å²) in [6.07, 6.45) is 0.477. The molecule has 1 fully saturated rings. The van der Waals surface area contributed by atoms with Crippen LogP contribution >= 0.6 is 0 Å². The van der Waals surface area contributed by atoms with Gasteiger partial charge in [-0.15, -0.1) is 0 Å². The van der Waals surface area contributed by atoms with Gasteiger partial charge in [0.2, 0.25) is 5.91 Å². The van der Waals surface area contributed by atoms with Gasteiger partial charge in [-0.2, -0.15) is 0 Å². The highest BCUT2D eigenvalue weighted by Gasteiger charge is 2.30. The fraction of sp³-hybridized carbons (Fsp3) is 0.265. The number of carbonyl (C=O) groups excluding carboxylic acids is 1. The van der Waals surface area contributed by atoms with Crippen molar-refractivity contribution in [3.8, 4) is 5.75 Å². The van der Waals surface area contributed by atoms with Crippen molar-refractivity contribution in [2.75, 3.05) is 33.3 Å². The maximum Gasteiger partial charge on any atom is 0.223 e.